The van der Waals surface area contributed by atoms with Gasteiger partial charge in [0.1, 0.15) is 5.69 Å². The van der Waals surface area contributed by atoms with E-state index in [4.69, 9.17) is 0 Å². The fourth-order valence-electron chi connectivity index (χ4n) is 2.69. The van der Waals surface area contributed by atoms with Crippen molar-refractivity contribution in [3.8, 4) is 0 Å². The van der Waals surface area contributed by atoms with Gasteiger partial charge < -0.3 is 9.80 Å². The van der Waals surface area contributed by atoms with Gasteiger partial charge in [-0.2, -0.15) is 13.2 Å². The molecule has 2 rings (SSSR count). The second-order valence-electron chi connectivity index (χ2n) is 5.29. The molecular weight excluding hydrogens is 333 g/mol. The van der Waals surface area contributed by atoms with Crippen LogP contribution in [0.15, 0.2) is 12.1 Å². The molecule has 132 valence electrons. The molecule has 0 bridgehead atoms. The Balaban J connectivity index is 2.59. The summed E-state index contributed by atoms with van der Waals surface area (Å²) < 4.78 is 40.1. The normalized spacial score (nSPS) is 16.2. The highest BCUT2D eigenvalue weighted by Gasteiger charge is 2.41. The average molecular weight is 348 g/mol. The van der Waals surface area contributed by atoms with Gasteiger partial charge in [-0.15, -0.1) is 0 Å². The Morgan fingerprint density at radius 3 is 2.08 bits per heavy atom. The first kappa shape index (κ1) is 17.9. The van der Waals surface area contributed by atoms with Crippen LogP contribution in [0.2, 0.25) is 0 Å². The number of non-ortho nitro benzene ring substituents is 1. The van der Waals surface area contributed by atoms with Crippen molar-refractivity contribution < 1.29 is 23.0 Å². The van der Waals surface area contributed by atoms with E-state index in [1.165, 1.54) is 4.90 Å². The van der Waals surface area contributed by atoms with Crippen molar-refractivity contribution in [3.63, 3.8) is 0 Å². The van der Waals surface area contributed by atoms with E-state index in [9.17, 15) is 33.4 Å². The van der Waals surface area contributed by atoms with Crippen LogP contribution in [-0.2, 0) is 6.18 Å². The number of alkyl halides is 3. The summed E-state index contributed by atoms with van der Waals surface area (Å²) in [5.74, 6) is 0. The van der Waals surface area contributed by atoms with Gasteiger partial charge in [-0.25, -0.2) is 0 Å². The molecule has 1 saturated heterocycles. The molecule has 1 aromatic rings. The third-order valence-electron chi connectivity index (χ3n) is 3.92. The van der Waals surface area contributed by atoms with Gasteiger partial charge in [-0.05, 0) is 6.54 Å². The molecule has 11 heteroatoms. The Bertz CT molecular complexity index is 657. The molecule has 0 atom stereocenters. The second kappa shape index (κ2) is 6.59. The Morgan fingerprint density at radius 1 is 1.08 bits per heavy atom. The zero-order valence-corrected chi connectivity index (χ0v) is 12.7. The number of hydrogen-bond donors (Lipinski definition) is 0. The summed E-state index contributed by atoms with van der Waals surface area (Å²) >= 11 is 0. The van der Waals surface area contributed by atoms with E-state index in [0.29, 0.717) is 25.2 Å². The summed E-state index contributed by atoms with van der Waals surface area (Å²) in [5.41, 5.74) is -3.81. The van der Waals surface area contributed by atoms with Crippen LogP contribution in [0.3, 0.4) is 0 Å². The molecule has 1 heterocycles. The highest BCUT2D eigenvalue weighted by molar-refractivity contribution is 5.72. The Labute approximate surface area is 134 Å². The maximum Gasteiger partial charge on any atom is 0.418 e. The summed E-state index contributed by atoms with van der Waals surface area (Å²) in [7, 11) is 0. The van der Waals surface area contributed by atoms with Crippen molar-refractivity contribution in [3.05, 3.63) is 37.9 Å². The molecule has 1 aliphatic rings. The van der Waals surface area contributed by atoms with Crippen LogP contribution in [0, 0.1) is 20.2 Å². The molecule has 0 unspecified atom stereocenters. The van der Waals surface area contributed by atoms with Gasteiger partial charge in [-0.3, -0.25) is 20.2 Å². The van der Waals surface area contributed by atoms with Crippen LogP contribution in [-0.4, -0.2) is 47.5 Å². The third kappa shape index (κ3) is 3.55. The van der Waals surface area contributed by atoms with Gasteiger partial charge >= 0.3 is 6.18 Å². The lowest BCUT2D eigenvalue weighted by Crippen LogP contribution is -2.46. The van der Waals surface area contributed by atoms with Crippen LogP contribution in [0.4, 0.5) is 30.2 Å². The third-order valence-corrected chi connectivity index (χ3v) is 3.92. The van der Waals surface area contributed by atoms with E-state index >= 15 is 0 Å². The minimum absolute atomic E-state index is 0.176. The second-order valence-corrected chi connectivity index (χ2v) is 5.29. The maximum atomic E-state index is 13.4. The lowest BCUT2D eigenvalue weighted by molar-refractivity contribution is -0.394. The number of benzene rings is 1. The first-order valence-electron chi connectivity index (χ1n) is 7.16. The van der Waals surface area contributed by atoms with Gasteiger partial charge in [0.15, 0.2) is 0 Å². The predicted molar refractivity (Wildman–Crippen MR) is 79.1 cm³/mol. The monoisotopic (exact) mass is 348 g/mol. The quantitative estimate of drug-likeness (QED) is 0.613. The van der Waals surface area contributed by atoms with Crippen molar-refractivity contribution in [1.29, 1.82) is 0 Å². The largest absolute Gasteiger partial charge is 0.418 e. The Hall–Kier alpha value is -2.43. The van der Waals surface area contributed by atoms with Crippen molar-refractivity contribution in [1.82, 2.24) is 4.90 Å². The summed E-state index contributed by atoms with van der Waals surface area (Å²) in [4.78, 5) is 23.2. The minimum Gasteiger partial charge on any atom is -0.363 e. The lowest BCUT2D eigenvalue weighted by atomic mass is 10.1. The van der Waals surface area contributed by atoms with Crippen LogP contribution in [0.25, 0.3) is 0 Å². The van der Waals surface area contributed by atoms with Gasteiger partial charge in [0.2, 0.25) is 0 Å². The molecule has 0 amide bonds. The molecule has 1 fully saturated rings. The van der Waals surface area contributed by atoms with E-state index in [0.717, 1.165) is 6.54 Å². The number of piperazine rings is 1. The molecule has 1 aliphatic heterocycles. The van der Waals surface area contributed by atoms with E-state index in [1.54, 1.807) is 0 Å². The Morgan fingerprint density at radius 2 is 1.67 bits per heavy atom. The summed E-state index contributed by atoms with van der Waals surface area (Å²) in [6.45, 7) is 3.91. The molecule has 0 saturated carbocycles. The molecule has 0 aromatic heterocycles. The molecule has 1 aromatic carbocycles. The topological polar surface area (TPSA) is 92.8 Å². The van der Waals surface area contributed by atoms with Gasteiger partial charge in [0, 0.05) is 32.2 Å². The van der Waals surface area contributed by atoms with Gasteiger partial charge in [-0.1, -0.05) is 6.92 Å². The summed E-state index contributed by atoms with van der Waals surface area (Å²) in [6.07, 6.45) is -4.94. The number of nitrogens with zero attached hydrogens (tertiary/aromatic N) is 4. The number of nitro groups is 2. The molecule has 8 nitrogen and oxygen atoms in total. The van der Waals surface area contributed by atoms with Crippen molar-refractivity contribution in [2.45, 2.75) is 13.1 Å². The summed E-state index contributed by atoms with van der Waals surface area (Å²) in [6, 6.07) is 0.936. The highest BCUT2D eigenvalue weighted by Crippen LogP contribution is 2.44. The molecule has 0 radical (unpaired) electrons. The maximum absolute atomic E-state index is 13.4. The first-order valence-corrected chi connectivity index (χ1v) is 7.16. The van der Waals surface area contributed by atoms with E-state index in [2.05, 4.69) is 0 Å². The van der Waals surface area contributed by atoms with Gasteiger partial charge in [0.05, 0.1) is 21.5 Å². The van der Waals surface area contributed by atoms with Crippen molar-refractivity contribution >= 4 is 17.1 Å². The number of halogens is 3. The number of rotatable bonds is 4. The minimum atomic E-state index is -4.94. The number of anilines is 1. The van der Waals surface area contributed by atoms with Crippen molar-refractivity contribution in [2.75, 3.05) is 37.6 Å². The molecular formula is C13H15F3N4O4. The molecule has 0 N–H and O–H groups in total. The van der Waals surface area contributed by atoms with Gasteiger partial charge in [0.25, 0.3) is 11.4 Å². The zero-order chi connectivity index (χ0) is 18.1. The fourth-order valence-corrected chi connectivity index (χ4v) is 2.69. The predicted octanol–water partition coefficient (Wildman–Crippen LogP) is 2.66. The number of hydrogen-bond acceptors (Lipinski definition) is 6. The fraction of sp³-hybridized carbons (Fsp3) is 0.538. The smallest absolute Gasteiger partial charge is 0.363 e. The van der Waals surface area contributed by atoms with E-state index in [-0.39, 0.29) is 13.1 Å². The first-order chi connectivity index (χ1) is 11.1. The lowest BCUT2D eigenvalue weighted by Gasteiger charge is -2.36. The van der Waals surface area contributed by atoms with Crippen LogP contribution >= 0.6 is 0 Å². The molecule has 24 heavy (non-hydrogen) atoms. The Kier molecular flexibility index (Phi) is 4.92. The van der Waals surface area contributed by atoms with Crippen LogP contribution < -0.4 is 4.90 Å². The number of likely N-dealkylation sites (N-methyl/N-ethyl adjacent to an activating group) is 1. The standard InChI is InChI=1S/C13H15F3N4O4/c1-2-17-3-5-18(6-4-17)12-10(13(14,15)16)7-9(19(21)22)8-11(12)20(23)24/h7-8H,2-6H2,1H3. The summed E-state index contributed by atoms with van der Waals surface area (Å²) in [5, 5.41) is 22.0. The van der Waals surface area contributed by atoms with Crippen molar-refractivity contribution in [2.24, 2.45) is 0 Å². The van der Waals surface area contributed by atoms with Crippen LogP contribution in [0.5, 0.6) is 0 Å². The number of nitro benzene ring substituents is 2. The van der Waals surface area contributed by atoms with E-state index < -0.39 is 38.6 Å². The van der Waals surface area contributed by atoms with Crippen LogP contribution in [0.1, 0.15) is 12.5 Å². The zero-order valence-electron chi connectivity index (χ0n) is 12.7. The molecule has 0 spiro atoms. The highest BCUT2D eigenvalue weighted by atomic mass is 19.4. The SMILES string of the molecule is CCN1CCN(c2c([N+](=O)[O-])cc([N+](=O)[O-])cc2C(F)(F)F)CC1. The molecule has 0 aliphatic carbocycles. The van der Waals surface area contributed by atoms with E-state index in [1.807, 2.05) is 11.8 Å². The average Bonchev–Trinajstić information content (AvgIpc) is 2.52.